The average Bonchev–Trinajstić information content (AvgIpc) is 2.37. The number of rotatable bonds is 3. The third-order valence-electron chi connectivity index (χ3n) is 2.62. The summed E-state index contributed by atoms with van der Waals surface area (Å²) in [4.78, 5) is 10.8. The Morgan fingerprint density at radius 2 is 2.05 bits per heavy atom. The number of hydrogen-bond acceptors (Lipinski definition) is 5. The van der Waals surface area contributed by atoms with Crippen LogP contribution in [0.3, 0.4) is 0 Å². The van der Waals surface area contributed by atoms with Crippen molar-refractivity contribution in [1.29, 1.82) is 0 Å². The molecule has 0 heterocycles. The molecule has 0 bridgehead atoms. The molecule has 20 heavy (non-hydrogen) atoms. The minimum atomic E-state index is -4.19. The number of benzene rings is 2. The molecule has 1 radical (unpaired) electrons. The van der Waals surface area contributed by atoms with Crippen LogP contribution in [-0.4, -0.2) is 11.0 Å². The normalized spacial score (nSPS) is 13.9. The van der Waals surface area contributed by atoms with Gasteiger partial charge in [-0.1, -0.05) is 6.07 Å². The highest BCUT2D eigenvalue weighted by molar-refractivity contribution is 7.93. The second kappa shape index (κ2) is 5.17. The summed E-state index contributed by atoms with van der Waals surface area (Å²) in [5.74, 6) is 4.23. The third-order valence-corrected chi connectivity index (χ3v) is 3.75. The fourth-order valence-corrected chi connectivity index (χ4v) is 2.66. The summed E-state index contributed by atoms with van der Waals surface area (Å²) < 4.78 is 27.5. The van der Waals surface area contributed by atoms with E-state index < -0.39 is 10.5 Å². The van der Waals surface area contributed by atoms with Crippen LogP contribution in [0.1, 0.15) is 6.92 Å². The van der Waals surface area contributed by atoms with Crippen molar-refractivity contribution < 1.29 is 22.9 Å². The van der Waals surface area contributed by atoms with Crippen molar-refractivity contribution in [2.24, 2.45) is 5.90 Å². The largest absolute Gasteiger partial charge is 0.508 e. The van der Waals surface area contributed by atoms with Crippen LogP contribution in [0.2, 0.25) is 0 Å². The van der Waals surface area contributed by atoms with Crippen LogP contribution in [0.4, 0.5) is 5.69 Å². The van der Waals surface area contributed by atoms with Gasteiger partial charge in [0.1, 0.15) is 5.75 Å². The summed E-state index contributed by atoms with van der Waals surface area (Å²) >= 11 is 0. The highest BCUT2D eigenvalue weighted by atomic mass is 32.3. The molecule has 8 heteroatoms. The van der Waals surface area contributed by atoms with Crippen LogP contribution in [-0.2, 0) is 28.3 Å². The molecule has 7 nitrogen and oxygen atoms in total. The minimum Gasteiger partial charge on any atom is -0.508 e. The first-order valence-electron chi connectivity index (χ1n) is 5.51. The first kappa shape index (κ1) is 14.4. The van der Waals surface area contributed by atoms with Gasteiger partial charge in [0.15, 0.2) is 0 Å². The molecular formula is C12H12N2O5S+. The highest BCUT2D eigenvalue weighted by Crippen LogP contribution is 2.33. The molecule has 1 atom stereocenters. The molecule has 0 aliphatic rings. The van der Waals surface area contributed by atoms with Gasteiger partial charge in [-0.25, -0.2) is 0 Å². The smallest absolute Gasteiger partial charge is 0.448 e. The van der Waals surface area contributed by atoms with Gasteiger partial charge in [0.25, 0.3) is 0 Å². The molecule has 2 rings (SSSR count). The van der Waals surface area contributed by atoms with E-state index in [-0.39, 0.29) is 21.9 Å². The van der Waals surface area contributed by atoms with Crippen LogP contribution in [0.15, 0.2) is 35.2 Å². The van der Waals surface area contributed by atoms with Gasteiger partial charge in [-0.15, -0.1) is 0 Å². The summed E-state index contributed by atoms with van der Waals surface area (Å²) in [6, 6.07) is 7.03. The number of hydrogen-bond donors (Lipinski definition) is 3. The molecule has 0 saturated carbocycles. The van der Waals surface area contributed by atoms with Gasteiger partial charge in [-0.05, 0) is 32.1 Å². The number of carbonyl (C=O) groups excluding carboxylic acids is 1. The van der Waals surface area contributed by atoms with Gasteiger partial charge in [0.05, 0.1) is 4.55 Å². The zero-order valence-corrected chi connectivity index (χ0v) is 11.3. The molecule has 0 fully saturated rings. The lowest BCUT2D eigenvalue weighted by molar-refractivity contribution is -0.114. The lowest BCUT2D eigenvalue weighted by Gasteiger charge is -2.07. The topological polar surface area (TPSA) is 122 Å². The van der Waals surface area contributed by atoms with E-state index in [1.807, 2.05) is 0 Å². The fourth-order valence-electron chi connectivity index (χ4n) is 1.85. The van der Waals surface area contributed by atoms with E-state index in [2.05, 4.69) is 9.60 Å². The molecule has 105 valence electrons. The summed E-state index contributed by atoms with van der Waals surface area (Å²) in [5.41, 5.74) is 0.421. The van der Waals surface area contributed by atoms with E-state index in [4.69, 9.17) is 5.90 Å². The molecule has 0 aliphatic carbocycles. The van der Waals surface area contributed by atoms with Crippen LogP contribution in [0.5, 0.6) is 5.75 Å². The Labute approximate surface area is 115 Å². The van der Waals surface area contributed by atoms with Crippen LogP contribution < -0.4 is 11.2 Å². The molecule has 0 aliphatic heterocycles. The summed E-state index contributed by atoms with van der Waals surface area (Å²) in [6.45, 7) is 1.33. The van der Waals surface area contributed by atoms with E-state index in [0.29, 0.717) is 11.1 Å². The number of phenols is 1. The molecule has 0 saturated heterocycles. The van der Waals surface area contributed by atoms with Crippen molar-refractivity contribution in [2.75, 3.05) is 5.32 Å². The number of phenolic OH excluding ortho intramolecular Hbond substituents is 1. The Morgan fingerprint density at radius 1 is 1.35 bits per heavy atom. The van der Waals surface area contributed by atoms with Gasteiger partial charge < -0.3 is 10.4 Å². The number of carbonyl (C=O) groups is 1. The van der Waals surface area contributed by atoms with Gasteiger partial charge >= 0.3 is 10.5 Å². The van der Waals surface area contributed by atoms with Crippen LogP contribution >= 0.6 is 0 Å². The standard InChI is InChI=1S/C12H12N2O5S/c1-7(15)14-9-3-2-8-4-10(16)6-12(11(8)5-9)20(17,18)19-13/h2-6,16H,13H2,1H3,(H,14,15)/q+1. The zero-order valence-electron chi connectivity index (χ0n) is 10.5. The first-order valence-corrected chi connectivity index (χ1v) is 6.92. The molecule has 0 spiro atoms. The molecular weight excluding hydrogens is 284 g/mol. The fraction of sp³-hybridized carbons (Fsp3) is 0.0833. The van der Waals surface area contributed by atoms with Crippen LogP contribution in [0.25, 0.3) is 10.8 Å². The highest BCUT2D eigenvalue weighted by Gasteiger charge is 2.37. The number of aromatic hydroxyl groups is 1. The van der Waals surface area contributed by atoms with Gasteiger partial charge in [-0.3, -0.25) is 4.79 Å². The molecule has 0 aromatic heterocycles. The van der Waals surface area contributed by atoms with Crippen molar-refractivity contribution in [2.45, 2.75) is 11.8 Å². The number of amides is 1. The van der Waals surface area contributed by atoms with Gasteiger partial charge in [0, 0.05) is 24.1 Å². The summed E-state index contributed by atoms with van der Waals surface area (Å²) in [6.07, 6.45) is 0. The maximum absolute atomic E-state index is 11.8. The Balaban J connectivity index is 2.71. The predicted octanol–water partition coefficient (Wildman–Crippen LogP) is 1.51. The number of fused-ring (bicyclic) bond motifs is 1. The SMILES string of the molecule is CC(=O)Nc1ccc2cc(O)cc([S+]([O])(=O)ON)c2c1. The molecule has 1 unspecified atom stereocenters. The Hall–Kier alpha value is -2.00. The zero-order chi connectivity index (χ0) is 14.9. The lowest BCUT2D eigenvalue weighted by atomic mass is 10.1. The van der Waals surface area contributed by atoms with Crippen molar-refractivity contribution in [3.05, 3.63) is 30.3 Å². The average molecular weight is 296 g/mol. The maximum Gasteiger partial charge on any atom is 0.448 e. The van der Waals surface area contributed by atoms with Gasteiger partial charge in [-0.2, -0.15) is 5.90 Å². The maximum atomic E-state index is 11.8. The predicted molar refractivity (Wildman–Crippen MR) is 72.2 cm³/mol. The van der Waals surface area contributed by atoms with Crippen LogP contribution in [0, 0.1) is 0 Å². The summed E-state index contributed by atoms with van der Waals surface area (Å²) in [7, 11) is -4.19. The molecule has 4 N–H and O–H groups in total. The number of nitrogens with two attached hydrogens (primary N) is 1. The monoisotopic (exact) mass is 296 g/mol. The quantitative estimate of drug-likeness (QED) is 0.585. The van der Waals surface area contributed by atoms with E-state index in [9.17, 15) is 18.7 Å². The van der Waals surface area contributed by atoms with Gasteiger partial charge in [0.2, 0.25) is 10.8 Å². The third kappa shape index (κ3) is 2.78. The van der Waals surface area contributed by atoms with E-state index in [0.717, 1.165) is 6.07 Å². The number of anilines is 1. The van der Waals surface area contributed by atoms with Crippen molar-refractivity contribution in [3.8, 4) is 5.75 Å². The second-order valence-electron chi connectivity index (χ2n) is 4.11. The lowest BCUT2D eigenvalue weighted by Crippen LogP contribution is -2.17. The second-order valence-corrected chi connectivity index (χ2v) is 5.65. The number of nitrogens with one attached hydrogen (secondary N) is 1. The molecule has 2 aromatic carbocycles. The van der Waals surface area contributed by atoms with Crippen molar-refractivity contribution in [1.82, 2.24) is 0 Å². The molecule has 2 aromatic rings. The Morgan fingerprint density at radius 3 is 2.65 bits per heavy atom. The van der Waals surface area contributed by atoms with E-state index >= 15 is 0 Å². The first-order chi connectivity index (χ1) is 9.33. The van der Waals surface area contributed by atoms with E-state index in [1.54, 1.807) is 12.1 Å². The Kier molecular flexibility index (Phi) is 3.73. The minimum absolute atomic E-state index is 0.236. The Bertz CT molecular complexity index is 731. The summed E-state index contributed by atoms with van der Waals surface area (Å²) in [5, 5.41) is 12.8. The van der Waals surface area contributed by atoms with E-state index in [1.165, 1.54) is 19.1 Å². The van der Waals surface area contributed by atoms with Crippen molar-refractivity contribution in [3.63, 3.8) is 0 Å². The van der Waals surface area contributed by atoms with Crippen molar-refractivity contribution >= 4 is 32.9 Å². The molecule has 1 amide bonds.